The predicted octanol–water partition coefficient (Wildman–Crippen LogP) is -2.09. The van der Waals surface area contributed by atoms with Gasteiger partial charge in [0.1, 0.15) is 26.9 Å². The molecule has 22 heavy (non-hydrogen) atoms. The predicted molar refractivity (Wildman–Crippen MR) is 60.5 cm³/mol. The maximum atomic E-state index is 12.5. The van der Waals surface area contributed by atoms with Gasteiger partial charge in [-0.3, -0.25) is 19.6 Å². The van der Waals surface area contributed by atoms with Crippen LogP contribution >= 0.6 is 0 Å². The van der Waals surface area contributed by atoms with E-state index in [9.17, 15) is 29.4 Å². The number of urea groups is 2. The molecule has 0 atom stereocenters. The molecule has 2 N–H and O–H groups in total. The van der Waals surface area contributed by atoms with Crippen LogP contribution in [0.4, 0.5) is 9.59 Å². The number of aliphatic carboxylic acids is 2. The molecule has 4 saturated heterocycles. The minimum absolute atomic E-state index is 0.436. The van der Waals surface area contributed by atoms with Crippen LogP contribution in [0.25, 0.3) is 0 Å². The van der Waals surface area contributed by atoms with E-state index in [1.807, 2.05) is 0 Å². The molecule has 0 unspecified atom stereocenters. The Balaban J connectivity index is 2.10. The summed E-state index contributed by atoms with van der Waals surface area (Å²) in [6.07, 6.45) is 0. The Morgan fingerprint density at radius 2 is 1.05 bits per heavy atom. The van der Waals surface area contributed by atoms with Crippen LogP contribution in [-0.2, 0) is 19.1 Å². The molecule has 4 fully saturated rings. The van der Waals surface area contributed by atoms with Gasteiger partial charge < -0.3 is 19.7 Å². The maximum Gasteiger partial charge on any atom is 0.356 e. The van der Waals surface area contributed by atoms with Crippen molar-refractivity contribution in [2.75, 3.05) is 26.9 Å². The van der Waals surface area contributed by atoms with Gasteiger partial charge in [0.05, 0.1) is 0 Å². The monoisotopic (exact) mass is 314 g/mol. The number of carboxylic acids is 2. The van der Waals surface area contributed by atoms with E-state index in [1.54, 1.807) is 0 Å². The Hall–Kier alpha value is -2.60. The number of rotatable bonds is 2. The Morgan fingerprint density at radius 3 is 1.27 bits per heavy atom. The standard InChI is InChI=1S/C10H10N4O8/c15-5(16)9-10(6(17)18)13-3-22-4-14(10)8(20)12(9)2-21-1-11(9)7(13)19/h1-4H2,(H,15,16)(H,17,18). The summed E-state index contributed by atoms with van der Waals surface area (Å²) in [6.45, 7) is -1.74. The SMILES string of the molecule is O=C1N2COCN3C(=O)N4COCN1C4(C(=O)O)C23C(=O)O. The zero-order valence-electron chi connectivity index (χ0n) is 11.0. The maximum absolute atomic E-state index is 12.5. The van der Waals surface area contributed by atoms with Crippen molar-refractivity contribution < 1.29 is 38.9 Å². The summed E-state index contributed by atoms with van der Waals surface area (Å²) >= 11 is 0. The Bertz CT molecular complexity index is 552. The van der Waals surface area contributed by atoms with Gasteiger partial charge in [0.25, 0.3) is 11.3 Å². The molecule has 4 aliphatic heterocycles. The third kappa shape index (κ3) is 0.944. The van der Waals surface area contributed by atoms with Crippen molar-refractivity contribution in [3.63, 3.8) is 0 Å². The van der Waals surface area contributed by atoms with Gasteiger partial charge in [-0.05, 0) is 0 Å². The molecule has 118 valence electrons. The van der Waals surface area contributed by atoms with E-state index in [0.717, 1.165) is 19.6 Å². The van der Waals surface area contributed by atoms with Crippen LogP contribution in [0.15, 0.2) is 0 Å². The van der Waals surface area contributed by atoms with Gasteiger partial charge in [-0.25, -0.2) is 19.2 Å². The minimum atomic E-state index is -2.39. The second-order valence-electron chi connectivity index (χ2n) is 5.16. The molecular weight excluding hydrogens is 304 g/mol. The lowest BCUT2D eigenvalue weighted by Crippen LogP contribution is -2.77. The van der Waals surface area contributed by atoms with Crippen molar-refractivity contribution >= 4 is 24.0 Å². The highest BCUT2D eigenvalue weighted by Crippen LogP contribution is 2.54. The summed E-state index contributed by atoms with van der Waals surface area (Å²) in [6, 6.07) is -1.77. The molecule has 4 aliphatic rings. The summed E-state index contributed by atoms with van der Waals surface area (Å²) in [5.41, 5.74) is -4.79. The summed E-state index contributed by atoms with van der Waals surface area (Å²) < 4.78 is 10.2. The summed E-state index contributed by atoms with van der Waals surface area (Å²) in [7, 11) is 0. The number of hydrogen-bond acceptors (Lipinski definition) is 6. The van der Waals surface area contributed by atoms with E-state index in [0.29, 0.717) is 0 Å². The van der Waals surface area contributed by atoms with E-state index >= 15 is 0 Å². The van der Waals surface area contributed by atoms with Crippen LogP contribution in [0.3, 0.4) is 0 Å². The van der Waals surface area contributed by atoms with Crippen LogP contribution in [0.1, 0.15) is 0 Å². The zero-order valence-corrected chi connectivity index (χ0v) is 11.0. The largest absolute Gasteiger partial charge is 0.478 e. The first-order valence-corrected chi connectivity index (χ1v) is 6.22. The molecule has 12 heteroatoms. The number of amides is 4. The van der Waals surface area contributed by atoms with Gasteiger partial charge in [0.15, 0.2) is 0 Å². The van der Waals surface area contributed by atoms with Crippen LogP contribution in [0.2, 0.25) is 0 Å². The topological polar surface area (TPSA) is 140 Å². The second kappa shape index (κ2) is 3.59. The first-order chi connectivity index (χ1) is 10.4. The molecule has 0 bridgehead atoms. The molecule has 0 saturated carbocycles. The molecule has 0 spiro atoms. The normalized spacial score (nSPS) is 36.0. The highest BCUT2D eigenvalue weighted by Gasteiger charge is 2.88. The lowest BCUT2D eigenvalue weighted by Gasteiger charge is -2.46. The number of carbonyl (C=O) groups is 4. The second-order valence-corrected chi connectivity index (χ2v) is 5.16. The molecule has 0 aliphatic carbocycles. The Labute approximate surface area is 122 Å². The first-order valence-electron chi connectivity index (χ1n) is 6.22. The zero-order chi connectivity index (χ0) is 15.9. The highest BCUT2D eigenvalue weighted by molar-refractivity contribution is 6.08. The smallest absolute Gasteiger partial charge is 0.356 e. The van der Waals surface area contributed by atoms with Crippen LogP contribution in [0.5, 0.6) is 0 Å². The lowest BCUT2D eigenvalue weighted by molar-refractivity contribution is -0.222. The van der Waals surface area contributed by atoms with Crippen molar-refractivity contribution in [3.05, 3.63) is 0 Å². The Kier molecular flexibility index (Phi) is 2.14. The fourth-order valence-electron chi connectivity index (χ4n) is 3.69. The third-order valence-electron chi connectivity index (χ3n) is 4.45. The quantitative estimate of drug-likeness (QED) is 0.591. The molecular formula is C10H10N4O8. The molecule has 0 aromatic carbocycles. The molecule has 0 aromatic rings. The molecule has 0 aromatic heterocycles. The number of ether oxygens (including phenoxy) is 2. The molecule has 0 radical (unpaired) electrons. The number of carbonyl (C=O) groups excluding carboxylic acids is 2. The van der Waals surface area contributed by atoms with Crippen molar-refractivity contribution in [2.45, 2.75) is 11.3 Å². The number of carboxylic acid groups (broad SMARTS) is 2. The van der Waals surface area contributed by atoms with Gasteiger partial charge in [-0.1, -0.05) is 0 Å². The van der Waals surface area contributed by atoms with Crippen LogP contribution in [0, 0.1) is 0 Å². The number of hydrogen-bond donors (Lipinski definition) is 2. The fourth-order valence-corrected chi connectivity index (χ4v) is 3.69. The van der Waals surface area contributed by atoms with E-state index < -0.39 is 62.2 Å². The average molecular weight is 314 g/mol. The molecule has 12 nitrogen and oxygen atoms in total. The van der Waals surface area contributed by atoms with Crippen LogP contribution < -0.4 is 0 Å². The summed E-state index contributed by atoms with van der Waals surface area (Å²) in [5.74, 6) is -3.24. The van der Waals surface area contributed by atoms with Crippen molar-refractivity contribution in [3.8, 4) is 0 Å². The van der Waals surface area contributed by atoms with Crippen molar-refractivity contribution in [1.82, 2.24) is 19.6 Å². The van der Waals surface area contributed by atoms with E-state index in [-0.39, 0.29) is 0 Å². The van der Waals surface area contributed by atoms with Crippen LogP contribution in [-0.4, -0.2) is 92.1 Å². The fraction of sp³-hybridized carbons (Fsp3) is 0.600. The highest BCUT2D eigenvalue weighted by atomic mass is 16.5. The molecule has 4 heterocycles. The van der Waals surface area contributed by atoms with E-state index in [2.05, 4.69) is 0 Å². The number of nitrogens with zero attached hydrogens (tertiary/aromatic N) is 4. The van der Waals surface area contributed by atoms with Crippen molar-refractivity contribution in [1.29, 1.82) is 0 Å². The van der Waals surface area contributed by atoms with E-state index in [1.165, 1.54) is 0 Å². The summed E-state index contributed by atoms with van der Waals surface area (Å²) in [5, 5.41) is 19.6. The molecule has 4 rings (SSSR count). The average Bonchev–Trinajstić information content (AvgIpc) is 2.88. The van der Waals surface area contributed by atoms with Gasteiger partial charge in [-0.2, -0.15) is 0 Å². The first kappa shape index (κ1) is 13.1. The van der Waals surface area contributed by atoms with Crippen molar-refractivity contribution in [2.24, 2.45) is 0 Å². The summed E-state index contributed by atoms with van der Waals surface area (Å²) in [4.78, 5) is 52.0. The van der Waals surface area contributed by atoms with E-state index in [4.69, 9.17) is 9.47 Å². The van der Waals surface area contributed by atoms with Gasteiger partial charge in [-0.15, -0.1) is 0 Å². The lowest BCUT2D eigenvalue weighted by atomic mass is 9.91. The van der Waals surface area contributed by atoms with Gasteiger partial charge >= 0.3 is 24.0 Å². The minimum Gasteiger partial charge on any atom is -0.478 e. The Morgan fingerprint density at radius 1 is 0.773 bits per heavy atom. The van der Waals surface area contributed by atoms with Gasteiger partial charge in [0, 0.05) is 0 Å². The third-order valence-corrected chi connectivity index (χ3v) is 4.45. The molecule has 4 amide bonds. The van der Waals surface area contributed by atoms with Gasteiger partial charge in [0.2, 0.25) is 0 Å².